The number of nitrogens with one attached hydrogen (secondary N) is 1. The van der Waals surface area contributed by atoms with Crippen LogP contribution in [-0.2, 0) is 6.42 Å². The summed E-state index contributed by atoms with van der Waals surface area (Å²) in [5.74, 6) is 0.660. The maximum atomic E-state index is 6.12. The van der Waals surface area contributed by atoms with Crippen LogP contribution in [0.2, 0.25) is 5.02 Å². The number of hydrogen-bond acceptors (Lipinski definition) is 1. The second-order valence-electron chi connectivity index (χ2n) is 4.33. The van der Waals surface area contributed by atoms with Gasteiger partial charge in [0.2, 0.25) is 0 Å². The van der Waals surface area contributed by atoms with Crippen molar-refractivity contribution in [2.45, 2.75) is 32.7 Å². The molecule has 0 spiro atoms. The lowest BCUT2D eigenvalue weighted by Crippen LogP contribution is -2.24. The van der Waals surface area contributed by atoms with Gasteiger partial charge in [0.1, 0.15) is 0 Å². The highest BCUT2D eigenvalue weighted by Gasteiger charge is 2.09. The summed E-state index contributed by atoms with van der Waals surface area (Å²) < 4.78 is 0. The van der Waals surface area contributed by atoms with E-state index in [1.54, 1.807) is 0 Å². The second-order valence-corrected chi connectivity index (χ2v) is 4.73. The minimum Gasteiger partial charge on any atom is -0.317 e. The van der Waals surface area contributed by atoms with Gasteiger partial charge in [-0.25, -0.2) is 0 Å². The highest BCUT2D eigenvalue weighted by molar-refractivity contribution is 6.31. The van der Waals surface area contributed by atoms with Crippen molar-refractivity contribution in [1.29, 1.82) is 0 Å². The Morgan fingerprint density at radius 2 is 1.93 bits per heavy atom. The summed E-state index contributed by atoms with van der Waals surface area (Å²) in [4.78, 5) is 0. The van der Waals surface area contributed by atoms with Gasteiger partial charge in [-0.05, 0) is 44.4 Å². The predicted molar refractivity (Wildman–Crippen MR) is 67.5 cm³/mol. The molecule has 0 saturated heterocycles. The average molecular weight is 226 g/mol. The Morgan fingerprint density at radius 1 is 1.27 bits per heavy atom. The van der Waals surface area contributed by atoms with Gasteiger partial charge < -0.3 is 5.32 Å². The molecule has 0 aromatic heterocycles. The molecule has 1 rings (SSSR count). The molecule has 0 aliphatic carbocycles. The molecule has 2 heteroatoms. The van der Waals surface area contributed by atoms with Gasteiger partial charge in [-0.15, -0.1) is 0 Å². The van der Waals surface area contributed by atoms with Crippen molar-refractivity contribution in [2.75, 3.05) is 7.05 Å². The van der Waals surface area contributed by atoms with Crippen molar-refractivity contribution >= 4 is 11.6 Å². The lowest BCUT2D eigenvalue weighted by atomic mass is 9.95. The molecule has 84 valence electrons. The molecule has 0 aliphatic rings. The van der Waals surface area contributed by atoms with E-state index in [9.17, 15) is 0 Å². The molecule has 0 aliphatic heterocycles. The molecule has 1 nitrogen and oxygen atoms in total. The highest BCUT2D eigenvalue weighted by atomic mass is 35.5. The number of halogens is 1. The molecule has 2 unspecified atom stereocenters. The fourth-order valence-electron chi connectivity index (χ4n) is 1.84. The molecular formula is C13H20ClN. The molecule has 0 amide bonds. The lowest BCUT2D eigenvalue weighted by molar-refractivity contribution is 0.440. The highest BCUT2D eigenvalue weighted by Crippen LogP contribution is 2.20. The van der Waals surface area contributed by atoms with Crippen LogP contribution in [0, 0.1) is 5.92 Å². The van der Waals surface area contributed by atoms with E-state index in [0.717, 1.165) is 11.4 Å². The molecule has 15 heavy (non-hydrogen) atoms. The number of benzene rings is 1. The fraction of sp³-hybridized carbons (Fsp3) is 0.538. The summed E-state index contributed by atoms with van der Waals surface area (Å²) in [5, 5.41) is 4.15. The quantitative estimate of drug-likeness (QED) is 0.809. The summed E-state index contributed by atoms with van der Waals surface area (Å²) in [6, 6.07) is 8.68. The first-order valence-electron chi connectivity index (χ1n) is 5.54. The number of hydrogen-bond donors (Lipinski definition) is 1. The zero-order valence-electron chi connectivity index (χ0n) is 9.76. The first kappa shape index (κ1) is 12.5. The summed E-state index contributed by atoms with van der Waals surface area (Å²) in [5.41, 5.74) is 1.26. The van der Waals surface area contributed by atoms with Crippen LogP contribution in [0.3, 0.4) is 0 Å². The van der Waals surface area contributed by atoms with Crippen molar-refractivity contribution in [3.05, 3.63) is 34.9 Å². The van der Waals surface area contributed by atoms with Gasteiger partial charge in [0, 0.05) is 11.1 Å². The first-order chi connectivity index (χ1) is 7.13. The van der Waals surface area contributed by atoms with E-state index in [0.29, 0.717) is 12.0 Å². The Balaban J connectivity index is 2.51. The summed E-state index contributed by atoms with van der Waals surface area (Å²) in [6.45, 7) is 4.49. The molecule has 0 saturated carbocycles. The van der Waals surface area contributed by atoms with E-state index in [1.165, 1.54) is 12.0 Å². The fourth-order valence-corrected chi connectivity index (χ4v) is 2.06. The van der Waals surface area contributed by atoms with Gasteiger partial charge in [-0.2, -0.15) is 0 Å². The first-order valence-corrected chi connectivity index (χ1v) is 5.92. The maximum Gasteiger partial charge on any atom is 0.0438 e. The monoisotopic (exact) mass is 225 g/mol. The minimum absolute atomic E-state index is 0.572. The molecule has 0 radical (unpaired) electrons. The van der Waals surface area contributed by atoms with Crippen molar-refractivity contribution in [3.63, 3.8) is 0 Å². The topological polar surface area (TPSA) is 12.0 Å². The van der Waals surface area contributed by atoms with Crippen LogP contribution in [0.4, 0.5) is 0 Å². The summed E-state index contributed by atoms with van der Waals surface area (Å²) in [7, 11) is 2.01. The van der Waals surface area contributed by atoms with E-state index in [-0.39, 0.29) is 0 Å². The van der Waals surface area contributed by atoms with Crippen molar-refractivity contribution in [2.24, 2.45) is 5.92 Å². The van der Waals surface area contributed by atoms with Crippen LogP contribution < -0.4 is 5.32 Å². The Kier molecular flexibility index (Phi) is 5.13. The van der Waals surface area contributed by atoms with Crippen LogP contribution in [0.25, 0.3) is 0 Å². The van der Waals surface area contributed by atoms with Crippen LogP contribution >= 0.6 is 11.6 Å². The molecule has 1 aromatic rings. The van der Waals surface area contributed by atoms with Gasteiger partial charge in [0.05, 0.1) is 0 Å². The molecule has 0 bridgehead atoms. The second kappa shape index (κ2) is 6.14. The summed E-state index contributed by atoms with van der Waals surface area (Å²) >= 11 is 6.12. The molecule has 1 aromatic carbocycles. The predicted octanol–water partition coefficient (Wildman–Crippen LogP) is 3.52. The molecule has 0 heterocycles. The molecule has 2 atom stereocenters. The van der Waals surface area contributed by atoms with Crippen LogP contribution in [-0.4, -0.2) is 13.1 Å². The summed E-state index contributed by atoms with van der Waals surface area (Å²) in [6.07, 6.45) is 2.24. The minimum atomic E-state index is 0.572. The van der Waals surface area contributed by atoms with E-state index in [1.807, 2.05) is 19.2 Å². The van der Waals surface area contributed by atoms with Crippen molar-refractivity contribution < 1.29 is 0 Å². The van der Waals surface area contributed by atoms with E-state index >= 15 is 0 Å². The average Bonchev–Trinajstić information content (AvgIpc) is 2.21. The van der Waals surface area contributed by atoms with Crippen molar-refractivity contribution in [1.82, 2.24) is 5.32 Å². The largest absolute Gasteiger partial charge is 0.317 e. The van der Waals surface area contributed by atoms with Gasteiger partial charge in [-0.1, -0.05) is 36.7 Å². The Labute approximate surface area is 97.8 Å². The van der Waals surface area contributed by atoms with Crippen LogP contribution in [0.1, 0.15) is 25.8 Å². The normalized spacial score (nSPS) is 14.9. The van der Waals surface area contributed by atoms with Gasteiger partial charge in [0.15, 0.2) is 0 Å². The zero-order chi connectivity index (χ0) is 11.3. The third-order valence-corrected chi connectivity index (χ3v) is 3.14. The zero-order valence-corrected chi connectivity index (χ0v) is 10.5. The van der Waals surface area contributed by atoms with E-state index < -0.39 is 0 Å². The maximum absolute atomic E-state index is 6.12. The van der Waals surface area contributed by atoms with E-state index in [2.05, 4.69) is 31.3 Å². The molecule has 1 N–H and O–H groups in total. The molecular weight excluding hydrogens is 206 g/mol. The van der Waals surface area contributed by atoms with Crippen LogP contribution in [0.5, 0.6) is 0 Å². The van der Waals surface area contributed by atoms with Gasteiger partial charge in [0.25, 0.3) is 0 Å². The standard InChI is InChI=1S/C13H20ClN/c1-10(8-11(2)15-3)9-12-6-4-5-7-13(12)14/h4-7,10-11,15H,8-9H2,1-3H3. The Hall–Kier alpha value is -0.530. The van der Waals surface area contributed by atoms with Gasteiger partial charge in [-0.3, -0.25) is 0 Å². The van der Waals surface area contributed by atoms with Crippen molar-refractivity contribution in [3.8, 4) is 0 Å². The Morgan fingerprint density at radius 3 is 2.53 bits per heavy atom. The van der Waals surface area contributed by atoms with Crippen LogP contribution in [0.15, 0.2) is 24.3 Å². The Bertz CT molecular complexity index is 298. The SMILES string of the molecule is CNC(C)CC(C)Cc1ccccc1Cl. The third-order valence-electron chi connectivity index (χ3n) is 2.77. The third kappa shape index (κ3) is 4.23. The molecule has 0 fully saturated rings. The van der Waals surface area contributed by atoms with E-state index in [4.69, 9.17) is 11.6 Å². The number of rotatable bonds is 5. The smallest absolute Gasteiger partial charge is 0.0438 e. The lowest BCUT2D eigenvalue weighted by Gasteiger charge is -2.17. The van der Waals surface area contributed by atoms with Gasteiger partial charge >= 0.3 is 0 Å².